The number of hydrogen-bond acceptors (Lipinski definition) is 6. The van der Waals surface area contributed by atoms with Gasteiger partial charge >= 0.3 is 5.97 Å². The highest BCUT2D eigenvalue weighted by atomic mass is 35.5. The van der Waals surface area contributed by atoms with Crippen molar-refractivity contribution in [3.8, 4) is 0 Å². The van der Waals surface area contributed by atoms with E-state index in [2.05, 4.69) is 10.5 Å². The van der Waals surface area contributed by atoms with Crippen molar-refractivity contribution in [2.75, 3.05) is 0 Å². The van der Waals surface area contributed by atoms with E-state index >= 15 is 0 Å². The summed E-state index contributed by atoms with van der Waals surface area (Å²) in [5.74, 6) is -2.28. The molecular weight excluding hydrogens is 526 g/mol. The third-order valence-corrected chi connectivity index (χ3v) is 8.12. The topological polar surface area (TPSA) is 108 Å². The van der Waals surface area contributed by atoms with Crippen LogP contribution in [0.15, 0.2) is 107 Å². The van der Waals surface area contributed by atoms with E-state index in [1.807, 2.05) is 91.0 Å². The van der Waals surface area contributed by atoms with E-state index in [1.54, 1.807) is 0 Å². The van der Waals surface area contributed by atoms with E-state index in [-0.39, 0.29) is 23.1 Å². The van der Waals surface area contributed by atoms with Crippen LogP contribution in [0.1, 0.15) is 23.1 Å². The lowest BCUT2D eigenvalue weighted by molar-refractivity contribution is -0.146. The summed E-state index contributed by atoms with van der Waals surface area (Å²) in [7, 11) is 0. The highest BCUT2D eigenvalue weighted by Gasteiger charge is 2.48. The number of nitrogens with zero attached hydrogens (tertiary/aromatic N) is 2. The van der Waals surface area contributed by atoms with Crippen LogP contribution >= 0.6 is 23.4 Å². The van der Waals surface area contributed by atoms with Crippen molar-refractivity contribution in [1.82, 2.24) is 10.2 Å². The Morgan fingerprint density at radius 3 is 1.92 bits per heavy atom. The summed E-state index contributed by atoms with van der Waals surface area (Å²) in [5, 5.41) is 14.9. The molecule has 1 saturated heterocycles. The van der Waals surface area contributed by atoms with E-state index in [0.29, 0.717) is 0 Å². The number of carboxylic acid groups (broad SMARTS) is 1. The highest BCUT2D eigenvalue weighted by molar-refractivity contribution is 8.00. The van der Waals surface area contributed by atoms with Gasteiger partial charge < -0.3 is 15.3 Å². The summed E-state index contributed by atoms with van der Waals surface area (Å²) >= 11 is 7.48. The first-order valence-corrected chi connectivity index (χ1v) is 13.0. The van der Waals surface area contributed by atoms with Crippen LogP contribution in [0, 0.1) is 0 Å². The number of hydrogen-bond donors (Lipinski definition) is 2. The van der Waals surface area contributed by atoms with Crippen LogP contribution in [-0.4, -0.2) is 44.8 Å². The molecule has 0 spiro atoms. The molecule has 2 atom stereocenters. The van der Waals surface area contributed by atoms with Crippen LogP contribution in [0.25, 0.3) is 0 Å². The molecule has 8 nitrogen and oxygen atoms in total. The van der Waals surface area contributed by atoms with Gasteiger partial charge in [-0.15, -0.1) is 11.8 Å². The number of fused-ring (bicyclic) bond motifs is 1. The van der Waals surface area contributed by atoms with Crippen molar-refractivity contribution in [3.63, 3.8) is 0 Å². The van der Waals surface area contributed by atoms with Gasteiger partial charge in [-0.1, -0.05) is 108 Å². The Kier molecular flexibility index (Phi) is 7.22. The number of carbonyl (C=O) groups excluding carboxylic acids is 2. The Morgan fingerprint density at radius 2 is 1.47 bits per heavy atom. The average molecular weight is 548 g/mol. The largest absolute Gasteiger partial charge is 0.477 e. The van der Waals surface area contributed by atoms with Crippen LogP contribution in [0.3, 0.4) is 0 Å². The maximum Gasteiger partial charge on any atom is 0.353 e. The Morgan fingerprint density at radius 1 is 0.974 bits per heavy atom. The Bertz CT molecular complexity index is 1320. The van der Waals surface area contributed by atoms with E-state index in [1.165, 1.54) is 11.8 Å². The number of carboxylic acids is 1. The van der Waals surface area contributed by atoms with Crippen molar-refractivity contribution in [3.05, 3.63) is 118 Å². The summed E-state index contributed by atoms with van der Waals surface area (Å²) in [6.07, 6.45) is 1.16. The fourth-order valence-corrected chi connectivity index (χ4v) is 6.21. The average Bonchev–Trinajstić information content (AvgIpc) is 2.94. The standard InChI is InChI=1S/C28H22ClN3O5S/c29-24-25(27(35)36)32-22(34)16-23(32)38-26(24)31-21(33)17-30-37-28(18-10-4-1-5-11-18,19-12-6-2-7-13-19)20-14-8-3-9-15-20/h1-15,17,23,26H,16H2,(H,31,33)(H,35,36)/t23-,26?/m1/s1. The van der Waals surface area contributed by atoms with Gasteiger partial charge in [-0.3, -0.25) is 14.5 Å². The Labute approximate surface area is 227 Å². The van der Waals surface area contributed by atoms with Crippen LogP contribution in [0.4, 0.5) is 0 Å². The molecule has 0 aliphatic carbocycles. The first-order chi connectivity index (χ1) is 18.4. The number of aliphatic carboxylic acids is 1. The first-order valence-electron chi connectivity index (χ1n) is 11.7. The molecule has 2 amide bonds. The zero-order chi connectivity index (χ0) is 26.7. The molecule has 0 bridgehead atoms. The number of halogens is 1. The van der Waals surface area contributed by atoms with Crippen LogP contribution < -0.4 is 5.32 Å². The molecule has 5 rings (SSSR count). The van der Waals surface area contributed by atoms with E-state index in [9.17, 15) is 19.5 Å². The number of thioether (sulfide) groups is 1. The second-order valence-electron chi connectivity index (χ2n) is 8.55. The minimum Gasteiger partial charge on any atom is -0.477 e. The molecule has 0 radical (unpaired) electrons. The fraction of sp³-hybridized carbons (Fsp3) is 0.143. The molecule has 3 aromatic rings. The molecule has 1 fully saturated rings. The maximum absolute atomic E-state index is 12.8. The smallest absolute Gasteiger partial charge is 0.353 e. The molecule has 2 N–H and O–H groups in total. The van der Waals surface area contributed by atoms with E-state index < -0.39 is 28.2 Å². The first kappa shape index (κ1) is 25.6. The van der Waals surface area contributed by atoms with Gasteiger partial charge in [0, 0.05) is 16.7 Å². The number of oxime groups is 1. The highest BCUT2D eigenvalue weighted by Crippen LogP contribution is 2.44. The number of carbonyl (C=O) groups is 3. The zero-order valence-corrected chi connectivity index (χ0v) is 21.4. The van der Waals surface area contributed by atoms with E-state index in [4.69, 9.17) is 16.4 Å². The van der Waals surface area contributed by atoms with Crippen molar-refractivity contribution in [2.45, 2.75) is 22.8 Å². The summed E-state index contributed by atoms with van der Waals surface area (Å²) in [6, 6.07) is 28.7. The molecular formula is C28H22ClN3O5S. The van der Waals surface area contributed by atoms with Crippen LogP contribution in [0.2, 0.25) is 0 Å². The maximum atomic E-state index is 12.8. The van der Waals surface area contributed by atoms with Gasteiger partial charge in [-0.2, -0.15) is 0 Å². The van der Waals surface area contributed by atoms with Crippen molar-refractivity contribution >= 4 is 47.4 Å². The molecule has 38 heavy (non-hydrogen) atoms. The molecule has 10 heteroatoms. The zero-order valence-electron chi connectivity index (χ0n) is 19.9. The quantitative estimate of drug-likeness (QED) is 0.189. The predicted molar refractivity (Wildman–Crippen MR) is 144 cm³/mol. The summed E-state index contributed by atoms with van der Waals surface area (Å²) in [4.78, 5) is 43.8. The Balaban J connectivity index is 1.44. The van der Waals surface area contributed by atoms with Gasteiger partial charge in [0.15, 0.2) is 0 Å². The van der Waals surface area contributed by atoms with Crippen LogP contribution in [-0.2, 0) is 24.8 Å². The van der Waals surface area contributed by atoms with Gasteiger partial charge in [-0.05, 0) is 0 Å². The van der Waals surface area contributed by atoms with Crippen LogP contribution in [0.5, 0.6) is 0 Å². The molecule has 2 heterocycles. The summed E-state index contributed by atoms with van der Waals surface area (Å²) in [5.41, 5.74) is 0.960. The molecule has 0 aromatic heterocycles. The number of rotatable bonds is 8. The summed E-state index contributed by atoms with van der Waals surface area (Å²) < 4.78 is 0. The monoisotopic (exact) mass is 547 g/mol. The molecule has 1 unspecified atom stereocenters. The molecule has 2 aliphatic heterocycles. The van der Waals surface area contributed by atoms with Crippen molar-refractivity contribution in [1.29, 1.82) is 0 Å². The normalized spacial score (nSPS) is 19.1. The van der Waals surface area contributed by atoms with Gasteiger partial charge in [0.05, 0.1) is 16.8 Å². The molecule has 0 saturated carbocycles. The fourth-order valence-electron chi connectivity index (χ4n) is 4.52. The number of nitrogens with one attached hydrogen (secondary N) is 1. The lowest BCUT2D eigenvalue weighted by atomic mass is 9.80. The van der Waals surface area contributed by atoms with Gasteiger partial charge in [-0.25, -0.2) is 4.79 Å². The number of β-lactam (4-membered cyclic amide) rings is 1. The van der Waals surface area contributed by atoms with Gasteiger partial charge in [0.1, 0.15) is 17.3 Å². The second-order valence-corrected chi connectivity index (χ2v) is 10.2. The number of benzene rings is 3. The summed E-state index contributed by atoms with van der Waals surface area (Å²) in [6.45, 7) is 0. The third kappa shape index (κ3) is 4.66. The second kappa shape index (κ2) is 10.7. The van der Waals surface area contributed by atoms with Gasteiger partial charge in [0.2, 0.25) is 11.5 Å². The SMILES string of the molecule is O=C(C=NOC(c1ccccc1)(c1ccccc1)c1ccccc1)NC1S[C@@H]2CC(=O)N2C(C(=O)O)=C1Cl. The van der Waals surface area contributed by atoms with Gasteiger partial charge in [0.25, 0.3) is 5.91 Å². The van der Waals surface area contributed by atoms with E-state index in [0.717, 1.165) is 27.8 Å². The number of amides is 2. The molecule has 3 aromatic carbocycles. The van der Waals surface area contributed by atoms with Crippen molar-refractivity contribution in [2.24, 2.45) is 5.16 Å². The molecule has 2 aliphatic rings. The minimum atomic E-state index is -1.33. The lowest BCUT2D eigenvalue weighted by Crippen LogP contribution is -2.56. The predicted octanol–water partition coefficient (Wildman–Crippen LogP) is 4.26. The van der Waals surface area contributed by atoms with Crippen molar-refractivity contribution < 1.29 is 24.3 Å². The molecule has 192 valence electrons. The Hall–Kier alpha value is -4.08. The third-order valence-electron chi connectivity index (χ3n) is 6.27. The lowest BCUT2D eigenvalue weighted by Gasteiger charge is -2.45. The minimum absolute atomic E-state index is 0.137.